The molecule has 1 aliphatic carbocycles. The normalized spacial score (nSPS) is 17.4. The van der Waals surface area contributed by atoms with Crippen LogP contribution < -0.4 is 10.5 Å². The van der Waals surface area contributed by atoms with Crippen molar-refractivity contribution in [1.29, 1.82) is 0 Å². The van der Waals surface area contributed by atoms with E-state index in [1.807, 2.05) is 18.2 Å². The summed E-state index contributed by atoms with van der Waals surface area (Å²) < 4.78 is 20.2. The number of benzene rings is 2. The maximum absolute atomic E-state index is 13.8. The molecule has 0 amide bonds. The fourth-order valence-electron chi connectivity index (χ4n) is 2.70. The van der Waals surface area contributed by atoms with Gasteiger partial charge in [-0.05, 0) is 54.7 Å². The van der Waals surface area contributed by atoms with Gasteiger partial charge < -0.3 is 10.5 Å². The molecule has 0 heterocycles. The van der Waals surface area contributed by atoms with Crippen molar-refractivity contribution in [2.45, 2.75) is 31.9 Å². The molecule has 4 heteroatoms. The Morgan fingerprint density at radius 3 is 2.90 bits per heavy atom. The summed E-state index contributed by atoms with van der Waals surface area (Å²) in [4.78, 5) is 0. The second kappa shape index (κ2) is 6.16. The number of halogens is 2. The Balaban J connectivity index is 1.75. The van der Waals surface area contributed by atoms with Crippen molar-refractivity contribution in [1.82, 2.24) is 0 Å². The third kappa shape index (κ3) is 3.27. The van der Waals surface area contributed by atoms with Crippen LogP contribution in [-0.2, 0) is 13.0 Å². The molecule has 0 bridgehead atoms. The first kappa shape index (κ1) is 14.5. The van der Waals surface area contributed by atoms with Crippen LogP contribution in [0.1, 0.15) is 35.6 Å². The van der Waals surface area contributed by atoms with Crippen LogP contribution in [0.2, 0.25) is 0 Å². The molecule has 0 aliphatic heterocycles. The van der Waals surface area contributed by atoms with Crippen LogP contribution in [0.15, 0.2) is 40.9 Å². The van der Waals surface area contributed by atoms with Gasteiger partial charge in [0.1, 0.15) is 18.2 Å². The van der Waals surface area contributed by atoms with E-state index in [4.69, 9.17) is 10.5 Å². The summed E-state index contributed by atoms with van der Waals surface area (Å²) in [6.07, 6.45) is 3.22. The molecule has 0 fully saturated rings. The Bertz CT molecular complexity index is 659. The van der Waals surface area contributed by atoms with Crippen LogP contribution >= 0.6 is 15.9 Å². The van der Waals surface area contributed by atoms with Gasteiger partial charge >= 0.3 is 0 Å². The molecular weight excluding hydrogens is 333 g/mol. The molecule has 1 aliphatic rings. The monoisotopic (exact) mass is 349 g/mol. The molecule has 21 heavy (non-hydrogen) atoms. The van der Waals surface area contributed by atoms with E-state index in [-0.39, 0.29) is 18.5 Å². The third-order valence-corrected chi connectivity index (χ3v) is 4.38. The van der Waals surface area contributed by atoms with Crippen molar-refractivity contribution < 1.29 is 9.13 Å². The van der Waals surface area contributed by atoms with E-state index in [9.17, 15) is 4.39 Å². The quantitative estimate of drug-likeness (QED) is 0.884. The summed E-state index contributed by atoms with van der Waals surface area (Å²) in [5.41, 5.74) is 9.15. The number of hydrogen-bond donors (Lipinski definition) is 1. The van der Waals surface area contributed by atoms with E-state index in [1.54, 1.807) is 6.07 Å². The van der Waals surface area contributed by atoms with Gasteiger partial charge in [-0.15, -0.1) is 0 Å². The van der Waals surface area contributed by atoms with Crippen LogP contribution in [0.4, 0.5) is 4.39 Å². The van der Waals surface area contributed by atoms with E-state index in [0.29, 0.717) is 5.56 Å². The SMILES string of the molecule is N[C@@H]1CCCc2ccc(OCc3ccc(Br)cc3F)cc21. The van der Waals surface area contributed by atoms with E-state index >= 15 is 0 Å². The van der Waals surface area contributed by atoms with Crippen LogP contribution in [-0.4, -0.2) is 0 Å². The number of hydrogen-bond acceptors (Lipinski definition) is 2. The molecule has 0 aromatic heterocycles. The molecule has 0 saturated heterocycles. The number of nitrogens with two attached hydrogens (primary N) is 1. The standard InChI is InChI=1S/C17H17BrFNO/c18-13-6-4-12(16(19)8-13)10-21-14-7-5-11-2-1-3-17(20)15(11)9-14/h4-9,17H,1-3,10,20H2/t17-/m1/s1. The lowest BCUT2D eigenvalue weighted by Crippen LogP contribution is -2.17. The van der Waals surface area contributed by atoms with Crippen molar-refractivity contribution >= 4 is 15.9 Å². The van der Waals surface area contributed by atoms with Crippen molar-refractivity contribution in [2.24, 2.45) is 5.73 Å². The van der Waals surface area contributed by atoms with Gasteiger partial charge in [-0.1, -0.05) is 28.1 Å². The highest BCUT2D eigenvalue weighted by atomic mass is 79.9. The van der Waals surface area contributed by atoms with E-state index < -0.39 is 0 Å². The lowest BCUT2D eigenvalue weighted by atomic mass is 9.88. The van der Waals surface area contributed by atoms with E-state index in [1.165, 1.54) is 11.6 Å². The maximum atomic E-state index is 13.8. The molecule has 0 unspecified atom stereocenters. The highest BCUT2D eigenvalue weighted by Crippen LogP contribution is 2.31. The van der Waals surface area contributed by atoms with Gasteiger partial charge in [0.05, 0.1) is 0 Å². The van der Waals surface area contributed by atoms with E-state index in [2.05, 4.69) is 22.0 Å². The van der Waals surface area contributed by atoms with Gasteiger partial charge in [-0.3, -0.25) is 0 Å². The number of fused-ring (bicyclic) bond motifs is 1. The highest BCUT2D eigenvalue weighted by molar-refractivity contribution is 9.10. The van der Waals surface area contributed by atoms with Gasteiger partial charge in [-0.25, -0.2) is 4.39 Å². The minimum absolute atomic E-state index is 0.0849. The van der Waals surface area contributed by atoms with Gasteiger partial charge in [0.2, 0.25) is 0 Å². The molecule has 0 radical (unpaired) electrons. The van der Waals surface area contributed by atoms with E-state index in [0.717, 1.165) is 35.0 Å². The molecule has 2 aromatic rings. The van der Waals surface area contributed by atoms with Crippen LogP contribution in [0.5, 0.6) is 5.75 Å². The molecule has 2 aromatic carbocycles. The Kier molecular flexibility index (Phi) is 4.27. The van der Waals surface area contributed by atoms with Gasteiger partial charge in [-0.2, -0.15) is 0 Å². The first-order valence-electron chi connectivity index (χ1n) is 7.08. The van der Waals surface area contributed by atoms with Gasteiger partial charge in [0.25, 0.3) is 0 Å². The smallest absolute Gasteiger partial charge is 0.130 e. The predicted molar refractivity (Wildman–Crippen MR) is 84.7 cm³/mol. The summed E-state index contributed by atoms with van der Waals surface area (Å²) in [7, 11) is 0. The van der Waals surface area contributed by atoms with Crippen molar-refractivity contribution in [3.63, 3.8) is 0 Å². The Hall–Kier alpha value is -1.39. The molecule has 0 saturated carbocycles. The molecular formula is C17H17BrFNO. The first-order chi connectivity index (χ1) is 10.1. The second-order valence-electron chi connectivity index (χ2n) is 5.38. The summed E-state index contributed by atoms with van der Waals surface area (Å²) in [6.45, 7) is 0.215. The van der Waals surface area contributed by atoms with Crippen LogP contribution in [0.3, 0.4) is 0 Å². The Morgan fingerprint density at radius 1 is 1.24 bits per heavy atom. The van der Waals surface area contributed by atoms with Crippen LogP contribution in [0.25, 0.3) is 0 Å². The predicted octanol–water partition coefficient (Wildman–Crippen LogP) is 4.50. The van der Waals surface area contributed by atoms with Crippen molar-refractivity contribution in [2.75, 3.05) is 0 Å². The molecule has 110 valence electrons. The molecule has 2 nitrogen and oxygen atoms in total. The highest BCUT2D eigenvalue weighted by Gasteiger charge is 2.17. The Labute approximate surface area is 132 Å². The first-order valence-corrected chi connectivity index (χ1v) is 7.88. The lowest BCUT2D eigenvalue weighted by Gasteiger charge is -2.22. The average Bonchev–Trinajstić information content (AvgIpc) is 2.47. The van der Waals surface area contributed by atoms with Crippen LogP contribution in [0, 0.1) is 5.82 Å². The number of rotatable bonds is 3. The topological polar surface area (TPSA) is 35.2 Å². The third-order valence-electron chi connectivity index (χ3n) is 3.89. The summed E-state index contributed by atoms with van der Waals surface area (Å²) in [5.74, 6) is 0.479. The fourth-order valence-corrected chi connectivity index (χ4v) is 3.04. The molecule has 1 atom stereocenters. The van der Waals surface area contributed by atoms with Crippen molar-refractivity contribution in [3.05, 3.63) is 63.4 Å². The maximum Gasteiger partial charge on any atom is 0.130 e. The molecule has 3 rings (SSSR count). The summed E-state index contributed by atoms with van der Waals surface area (Å²) in [5, 5.41) is 0. The zero-order valence-corrected chi connectivity index (χ0v) is 13.2. The summed E-state index contributed by atoms with van der Waals surface area (Å²) in [6, 6.07) is 11.1. The summed E-state index contributed by atoms with van der Waals surface area (Å²) >= 11 is 3.25. The minimum Gasteiger partial charge on any atom is -0.489 e. The van der Waals surface area contributed by atoms with Gasteiger partial charge in [0, 0.05) is 16.1 Å². The lowest BCUT2D eigenvalue weighted by molar-refractivity contribution is 0.299. The molecule has 0 spiro atoms. The molecule has 2 N–H and O–H groups in total. The Morgan fingerprint density at radius 2 is 2.10 bits per heavy atom. The fraction of sp³-hybridized carbons (Fsp3) is 0.294. The number of ether oxygens (including phenoxy) is 1. The number of aryl methyl sites for hydroxylation is 1. The largest absolute Gasteiger partial charge is 0.489 e. The van der Waals surface area contributed by atoms with Gasteiger partial charge in [0.15, 0.2) is 0 Å². The minimum atomic E-state index is -0.265. The zero-order valence-electron chi connectivity index (χ0n) is 11.6. The second-order valence-corrected chi connectivity index (χ2v) is 6.30. The zero-order chi connectivity index (χ0) is 14.8. The van der Waals surface area contributed by atoms with Crippen molar-refractivity contribution in [3.8, 4) is 5.75 Å². The average molecular weight is 350 g/mol.